The summed E-state index contributed by atoms with van der Waals surface area (Å²) >= 11 is 0. The fraction of sp³-hybridized carbons (Fsp3) is 0.368. The molecule has 2 aliphatic rings. The van der Waals surface area contributed by atoms with Gasteiger partial charge in [-0.2, -0.15) is 5.10 Å². The number of hydrogen-bond donors (Lipinski definition) is 1. The SMILES string of the molecule is Cc1cc(-c2cc3n(n2)CCCNC3)nc2c3c(ccc12)OCC3.Cl.Cl. The number of ether oxygens (including phenoxy) is 1. The fourth-order valence-corrected chi connectivity index (χ4v) is 3.76. The van der Waals surface area contributed by atoms with Gasteiger partial charge in [0.2, 0.25) is 0 Å². The molecule has 1 aromatic carbocycles. The molecule has 138 valence electrons. The van der Waals surface area contributed by atoms with Crippen LogP contribution in [0.4, 0.5) is 0 Å². The van der Waals surface area contributed by atoms with Crippen LogP contribution in [0.1, 0.15) is 23.2 Å². The van der Waals surface area contributed by atoms with Gasteiger partial charge in [-0.1, -0.05) is 0 Å². The van der Waals surface area contributed by atoms with E-state index in [-0.39, 0.29) is 24.8 Å². The molecule has 4 heterocycles. The van der Waals surface area contributed by atoms with Crippen LogP contribution in [0.5, 0.6) is 5.75 Å². The minimum Gasteiger partial charge on any atom is -0.493 e. The molecule has 0 aliphatic carbocycles. The summed E-state index contributed by atoms with van der Waals surface area (Å²) < 4.78 is 7.82. The molecule has 3 aromatic rings. The second-order valence-corrected chi connectivity index (χ2v) is 6.64. The number of nitrogens with zero attached hydrogens (tertiary/aromatic N) is 3. The third-order valence-electron chi connectivity index (χ3n) is 5.02. The summed E-state index contributed by atoms with van der Waals surface area (Å²) in [5, 5.41) is 9.46. The van der Waals surface area contributed by atoms with Crippen LogP contribution in [0.25, 0.3) is 22.3 Å². The van der Waals surface area contributed by atoms with E-state index in [1.54, 1.807) is 0 Å². The predicted octanol–water partition coefficient (Wildman–Crippen LogP) is 3.68. The van der Waals surface area contributed by atoms with E-state index in [1.165, 1.54) is 22.2 Å². The maximum atomic E-state index is 5.70. The van der Waals surface area contributed by atoms with E-state index < -0.39 is 0 Å². The van der Waals surface area contributed by atoms with Gasteiger partial charge in [0, 0.05) is 30.5 Å². The minimum atomic E-state index is 0. The highest BCUT2D eigenvalue weighted by atomic mass is 35.5. The van der Waals surface area contributed by atoms with E-state index in [9.17, 15) is 0 Å². The van der Waals surface area contributed by atoms with Crippen LogP contribution < -0.4 is 10.1 Å². The summed E-state index contributed by atoms with van der Waals surface area (Å²) in [7, 11) is 0. The van der Waals surface area contributed by atoms with Gasteiger partial charge in [0.25, 0.3) is 0 Å². The topological polar surface area (TPSA) is 52.0 Å². The molecule has 0 radical (unpaired) electrons. The Morgan fingerprint density at radius 3 is 2.92 bits per heavy atom. The molecule has 0 fully saturated rings. The largest absolute Gasteiger partial charge is 0.493 e. The molecule has 0 amide bonds. The first-order valence-electron chi connectivity index (χ1n) is 8.63. The average Bonchev–Trinajstić information content (AvgIpc) is 3.17. The van der Waals surface area contributed by atoms with Crippen molar-refractivity contribution in [2.45, 2.75) is 32.9 Å². The normalized spacial score (nSPS) is 15.3. The number of hydrogen-bond acceptors (Lipinski definition) is 4. The molecule has 7 heteroatoms. The van der Waals surface area contributed by atoms with Crippen molar-refractivity contribution in [1.29, 1.82) is 0 Å². The van der Waals surface area contributed by atoms with Crippen LogP contribution in [-0.2, 0) is 19.5 Å². The molecule has 1 N–H and O–H groups in total. The lowest BCUT2D eigenvalue weighted by atomic mass is 10.0. The Labute approximate surface area is 165 Å². The van der Waals surface area contributed by atoms with Gasteiger partial charge in [-0.15, -0.1) is 24.8 Å². The van der Waals surface area contributed by atoms with Crippen molar-refractivity contribution < 1.29 is 4.74 Å². The van der Waals surface area contributed by atoms with Crippen LogP contribution in [0.2, 0.25) is 0 Å². The Balaban J connectivity index is 0.000000980. The van der Waals surface area contributed by atoms with Gasteiger partial charge in [0.1, 0.15) is 11.4 Å². The van der Waals surface area contributed by atoms with Crippen LogP contribution in [0.15, 0.2) is 24.3 Å². The van der Waals surface area contributed by atoms with Crippen molar-refractivity contribution in [3.05, 3.63) is 41.1 Å². The van der Waals surface area contributed by atoms with Crippen LogP contribution in [-0.4, -0.2) is 27.9 Å². The van der Waals surface area contributed by atoms with E-state index in [4.69, 9.17) is 14.8 Å². The van der Waals surface area contributed by atoms with Gasteiger partial charge in [-0.3, -0.25) is 4.68 Å². The van der Waals surface area contributed by atoms with Gasteiger partial charge in [0.05, 0.1) is 23.5 Å². The quantitative estimate of drug-likeness (QED) is 0.686. The molecule has 0 saturated heterocycles. The van der Waals surface area contributed by atoms with E-state index in [0.717, 1.165) is 61.7 Å². The number of pyridine rings is 1. The molecule has 0 saturated carbocycles. The van der Waals surface area contributed by atoms with Gasteiger partial charge in [0.15, 0.2) is 0 Å². The molecule has 0 bridgehead atoms. The van der Waals surface area contributed by atoms with Crippen molar-refractivity contribution in [3.8, 4) is 17.1 Å². The smallest absolute Gasteiger partial charge is 0.124 e. The monoisotopic (exact) mass is 392 g/mol. The summed E-state index contributed by atoms with van der Waals surface area (Å²) in [6.07, 6.45) is 2.05. The van der Waals surface area contributed by atoms with Crippen molar-refractivity contribution in [2.24, 2.45) is 0 Å². The molecule has 2 aliphatic heterocycles. The maximum absolute atomic E-state index is 5.70. The second-order valence-electron chi connectivity index (χ2n) is 6.64. The lowest BCUT2D eigenvalue weighted by Crippen LogP contribution is -2.11. The highest BCUT2D eigenvalue weighted by molar-refractivity contribution is 5.89. The maximum Gasteiger partial charge on any atom is 0.124 e. The van der Waals surface area contributed by atoms with Crippen LogP contribution in [0, 0.1) is 6.92 Å². The highest BCUT2D eigenvalue weighted by Crippen LogP contribution is 2.34. The third kappa shape index (κ3) is 3.04. The predicted molar refractivity (Wildman–Crippen MR) is 108 cm³/mol. The number of nitrogens with one attached hydrogen (secondary N) is 1. The first kappa shape index (κ1) is 19.0. The Morgan fingerprint density at radius 1 is 1.15 bits per heavy atom. The number of halogens is 2. The number of fused-ring (bicyclic) bond motifs is 4. The van der Waals surface area contributed by atoms with Crippen molar-refractivity contribution in [1.82, 2.24) is 20.1 Å². The number of benzene rings is 1. The summed E-state index contributed by atoms with van der Waals surface area (Å²) in [6.45, 7) is 5.81. The second kappa shape index (κ2) is 7.43. The summed E-state index contributed by atoms with van der Waals surface area (Å²) in [5.41, 5.74) is 6.71. The van der Waals surface area contributed by atoms with Crippen molar-refractivity contribution in [2.75, 3.05) is 13.2 Å². The molecule has 0 atom stereocenters. The van der Waals surface area contributed by atoms with Crippen molar-refractivity contribution in [3.63, 3.8) is 0 Å². The van der Waals surface area contributed by atoms with E-state index in [2.05, 4.69) is 41.2 Å². The van der Waals surface area contributed by atoms with Gasteiger partial charge >= 0.3 is 0 Å². The van der Waals surface area contributed by atoms with Gasteiger partial charge in [-0.25, -0.2) is 4.98 Å². The first-order chi connectivity index (χ1) is 11.8. The number of aromatic nitrogens is 3. The lowest BCUT2D eigenvalue weighted by Gasteiger charge is -2.08. The van der Waals surface area contributed by atoms with Gasteiger partial charge in [-0.05, 0) is 49.7 Å². The molecule has 0 spiro atoms. The van der Waals surface area contributed by atoms with E-state index in [1.807, 2.05) is 0 Å². The molecular weight excluding hydrogens is 371 g/mol. The standard InChI is InChI=1S/C19H20N4O.2ClH/c1-12-9-16(17-10-13-11-20-6-2-7-23(13)22-17)21-19-14(12)3-4-18-15(19)5-8-24-18;;/h3-4,9-10,20H,2,5-8,11H2,1H3;2*1H. The summed E-state index contributed by atoms with van der Waals surface area (Å²) in [4.78, 5) is 4.97. The average molecular weight is 393 g/mol. The minimum absolute atomic E-state index is 0. The molecular formula is C19H22Cl2N4O. The highest BCUT2D eigenvalue weighted by Gasteiger charge is 2.19. The Hall–Kier alpha value is -1.82. The lowest BCUT2D eigenvalue weighted by molar-refractivity contribution is 0.357. The fourth-order valence-electron chi connectivity index (χ4n) is 3.76. The Bertz CT molecular complexity index is 931. The number of rotatable bonds is 1. The Morgan fingerprint density at radius 2 is 2.04 bits per heavy atom. The molecule has 26 heavy (non-hydrogen) atoms. The number of aryl methyl sites for hydroxylation is 2. The molecule has 5 rings (SSSR count). The molecule has 5 nitrogen and oxygen atoms in total. The van der Waals surface area contributed by atoms with Crippen LogP contribution >= 0.6 is 24.8 Å². The summed E-state index contributed by atoms with van der Waals surface area (Å²) in [6, 6.07) is 8.52. The zero-order chi connectivity index (χ0) is 16.1. The van der Waals surface area contributed by atoms with Crippen LogP contribution in [0.3, 0.4) is 0 Å². The Kier molecular flexibility index (Phi) is 5.42. The first-order valence-corrected chi connectivity index (χ1v) is 8.63. The molecule has 2 aromatic heterocycles. The van der Waals surface area contributed by atoms with E-state index in [0.29, 0.717) is 0 Å². The van der Waals surface area contributed by atoms with E-state index >= 15 is 0 Å². The summed E-state index contributed by atoms with van der Waals surface area (Å²) in [5.74, 6) is 0.983. The van der Waals surface area contributed by atoms with Gasteiger partial charge < -0.3 is 10.1 Å². The zero-order valence-corrected chi connectivity index (χ0v) is 16.3. The molecule has 0 unspecified atom stereocenters. The third-order valence-corrected chi connectivity index (χ3v) is 5.02. The van der Waals surface area contributed by atoms with Crippen molar-refractivity contribution >= 4 is 35.7 Å². The zero-order valence-electron chi connectivity index (χ0n) is 14.6.